The van der Waals surface area contributed by atoms with Crippen LogP contribution >= 0.6 is 0 Å². The minimum absolute atomic E-state index is 0.0398. The highest BCUT2D eigenvalue weighted by Crippen LogP contribution is 2.19. The van der Waals surface area contributed by atoms with Crippen molar-refractivity contribution in [3.8, 4) is 0 Å². The zero-order valence-corrected chi connectivity index (χ0v) is 15.4. The second-order valence-corrected chi connectivity index (χ2v) is 7.37. The molecule has 0 spiro atoms. The third-order valence-corrected chi connectivity index (χ3v) is 5.39. The van der Waals surface area contributed by atoms with Gasteiger partial charge in [0.05, 0.1) is 19.3 Å². The molecular weight excluding hydrogens is 314 g/mol. The Kier molecular flexibility index (Phi) is 6.70. The maximum absolute atomic E-state index is 12.5. The number of rotatable bonds is 5. The monoisotopic (exact) mass is 346 g/mol. The molecule has 0 unspecified atom stereocenters. The largest absolute Gasteiger partial charge is 0.378 e. The first-order valence-corrected chi connectivity index (χ1v) is 9.81. The van der Waals surface area contributed by atoms with Gasteiger partial charge in [-0.25, -0.2) is 0 Å². The van der Waals surface area contributed by atoms with Crippen LogP contribution in [0.2, 0.25) is 0 Å². The zero-order chi connectivity index (χ0) is 17.5. The van der Waals surface area contributed by atoms with E-state index in [1.165, 1.54) is 44.2 Å². The highest BCUT2D eigenvalue weighted by atomic mass is 16.5. The van der Waals surface area contributed by atoms with E-state index in [9.17, 15) is 4.79 Å². The number of morpholine rings is 1. The van der Waals surface area contributed by atoms with Crippen molar-refractivity contribution in [3.63, 3.8) is 0 Å². The van der Waals surface area contributed by atoms with Crippen LogP contribution in [0, 0.1) is 0 Å². The van der Waals surface area contributed by atoms with Crippen molar-refractivity contribution < 1.29 is 14.8 Å². The fourth-order valence-electron chi connectivity index (χ4n) is 3.83. The Morgan fingerprint density at radius 1 is 1.12 bits per heavy atom. The molecule has 2 aliphatic rings. The summed E-state index contributed by atoms with van der Waals surface area (Å²) in [5, 5.41) is 5.33. The summed E-state index contributed by atoms with van der Waals surface area (Å²) in [5.41, 5.74) is 2.07. The highest BCUT2D eigenvalue weighted by Gasteiger charge is 2.23. The lowest BCUT2D eigenvalue weighted by Gasteiger charge is -2.29. The van der Waals surface area contributed by atoms with Crippen molar-refractivity contribution in [3.05, 3.63) is 24.3 Å². The zero-order valence-electron chi connectivity index (χ0n) is 15.4. The number of amides is 1. The number of carbonyl (C=O) groups is 1. The first kappa shape index (κ1) is 18.2. The molecule has 25 heavy (non-hydrogen) atoms. The van der Waals surface area contributed by atoms with Crippen molar-refractivity contribution in [1.82, 2.24) is 0 Å². The third-order valence-electron chi connectivity index (χ3n) is 5.39. The minimum Gasteiger partial charge on any atom is -0.378 e. The van der Waals surface area contributed by atoms with Crippen molar-refractivity contribution in [1.29, 1.82) is 0 Å². The maximum atomic E-state index is 12.5. The lowest BCUT2D eigenvalue weighted by molar-refractivity contribution is -0.707. The van der Waals surface area contributed by atoms with Crippen molar-refractivity contribution >= 4 is 17.3 Å². The molecule has 0 bridgehead atoms. The lowest BCUT2D eigenvalue weighted by atomic mass is 10.1. The van der Waals surface area contributed by atoms with Gasteiger partial charge in [-0.2, -0.15) is 0 Å². The van der Waals surface area contributed by atoms with Gasteiger partial charge in [0.15, 0.2) is 6.04 Å². The molecule has 0 aromatic heterocycles. The van der Waals surface area contributed by atoms with Gasteiger partial charge in [0.1, 0.15) is 0 Å². The van der Waals surface area contributed by atoms with E-state index in [4.69, 9.17) is 4.74 Å². The molecule has 3 rings (SSSR count). The van der Waals surface area contributed by atoms with Crippen LogP contribution in [0.15, 0.2) is 24.3 Å². The Balaban J connectivity index is 1.49. The molecule has 1 saturated carbocycles. The smallest absolute Gasteiger partial charge is 0.282 e. The molecule has 0 radical (unpaired) electrons. The molecule has 1 aliphatic carbocycles. The molecule has 1 aromatic rings. The van der Waals surface area contributed by atoms with Crippen LogP contribution in [-0.2, 0) is 9.53 Å². The number of quaternary nitrogens is 1. The normalized spacial score (nSPS) is 20.8. The van der Waals surface area contributed by atoms with E-state index in [0.717, 1.165) is 32.0 Å². The molecule has 5 heteroatoms. The summed E-state index contributed by atoms with van der Waals surface area (Å²) in [6, 6.07) is 8.73. The summed E-state index contributed by atoms with van der Waals surface area (Å²) in [6.07, 6.45) is 7.79. The van der Waals surface area contributed by atoms with Crippen LogP contribution in [0.3, 0.4) is 0 Å². The molecule has 1 amide bonds. The molecule has 2 fully saturated rings. The molecular formula is C20H32N3O2+. The number of benzene rings is 1. The Bertz CT molecular complexity index is 532. The fraction of sp³-hybridized carbons (Fsp3) is 0.650. The molecule has 1 saturated heterocycles. The van der Waals surface area contributed by atoms with Gasteiger partial charge in [-0.05, 0) is 56.9 Å². The van der Waals surface area contributed by atoms with Crippen molar-refractivity contribution in [2.24, 2.45) is 0 Å². The molecule has 1 aromatic carbocycles. The average Bonchev–Trinajstić information content (AvgIpc) is 2.92. The molecule has 138 valence electrons. The van der Waals surface area contributed by atoms with E-state index in [2.05, 4.69) is 27.7 Å². The first-order valence-electron chi connectivity index (χ1n) is 9.81. The SMILES string of the molecule is C[C@H]([NH2+]C1CCCCCC1)C(=O)Nc1ccc(N2CCOCC2)cc1. The van der Waals surface area contributed by atoms with Gasteiger partial charge in [0.2, 0.25) is 0 Å². The predicted octanol–water partition coefficient (Wildman–Crippen LogP) is 2.14. The van der Waals surface area contributed by atoms with Gasteiger partial charge in [0.25, 0.3) is 5.91 Å². The van der Waals surface area contributed by atoms with E-state index < -0.39 is 0 Å². The van der Waals surface area contributed by atoms with Crippen molar-refractivity contribution in [2.45, 2.75) is 57.5 Å². The maximum Gasteiger partial charge on any atom is 0.282 e. The number of nitrogens with one attached hydrogen (secondary N) is 1. The van der Waals surface area contributed by atoms with Crippen LogP contribution in [0.25, 0.3) is 0 Å². The first-order chi connectivity index (χ1) is 12.2. The van der Waals surface area contributed by atoms with Gasteiger partial charge in [0, 0.05) is 24.5 Å². The number of nitrogens with two attached hydrogens (primary N) is 1. The number of ether oxygens (including phenoxy) is 1. The van der Waals surface area contributed by atoms with Crippen LogP contribution in [0.4, 0.5) is 11.4 Å². The Morgan fingerprint density at radius 3 is 2.40 bits per heavy atom. The van der Waals surface area contributed by atoms with Gasteiger partial charge in [-0.1, -0.05) is 12.8 Å². The molecule has 1 aliphatic heterocycles. The molecule has 3 N–H and O–H groups in total. The summed E-state index contributed by atoms with van der Waals surface area (Å²) >= 11 is 0. The van der Waals surface area contributed by atoms with Crippen LogP contribution < -0.4 is 15.5 Å². The highest BCUT2D eigenvalue weighted by molar-refractivity contribution is 5.93. The average molecular weight is 346 g/mol. The topological polar surface area (TPSA) is 58.2 Å². The summed E-state index contributed by atoms with van der Waals surface area (Å²) < 4.78 is 5.39. The van der Waals surface area contributed by atoms with Gasteiger partial charge in [-0.15, -0.1) is 0 Å². The number of hydrogen-bond acceptors (Lipinski definition) is 3. The van der Waals surface area contributed by atoms with Crippen LogP contribution in [0.1, 0.15) is 45.4 Å². The number of hydrogen-bond donors (Lipinski definition) is 2. The van der Waals surface area contributed by atoms with E-state index in [0.29, 0.717) is 6.04 Å². The predicted molar refractivity (Wildman–Crippen MR) is 101 cm³/mol. The second kappa shape index (κ2) is 9.20. The third kappa shape index (κ3) is 5.44. The number of nitrogens with zero attached hydrogens (tertiary/aromatic N) is 1. The minimum atomic E-state index is -0.0398. The Hall–Kier alpha value is -1.59. The van der Waals surface area contributed by atoms with Crippen molar-refractivity contribution in [2.75, 3.05) is 36.5 Å². The number of anilines is 2. The summed E-state index contributed by atoms with van der Waals surface area (Å²) in [7, 11) is 0. The van der Waals surface area contributed by atoms with Gasteiger partial charge in [-0.3, -0.25) is 4.79 Å². The summed E-state index contributed by atoms with van der Waals surface area (Å²) in [5.74, 6) is 0.100. The fourth-order valence-corrected chi connectivity index (χ4v) is 3.83. The van der Waals surface area contributed by atoms with Crippen LogP contribution in [-0.4, -0.2) is 44.3 Å². The lowest BCUT2D eigenvalue weighted by Crippen LogP contribution is -2.96. The summed E-state index contributed by atoms with van der Waals surface area (Å²) in [6.45, 7) is 5.44. The van der Waals surface area contributed by atoms with E-state index in [1.54, 1.807) is 0 Å². The van der Waals surface area contributed by atoms with Gasteiger partial charge < -0.3 is 20.3 Å². The Morgan fingerprint density at radius 2 is 1.76 bits per heavy atom. The molecule has 1 heterocycles. The van der Waals surface area contributed by atoms with E-state index >= 15 is 0 Å². The van der Waals surface area contributed by atoms with E-state index in [1.807, 2.05) is 19.1 Å². The standard InChI is InChI=1S/C20H31N3O2/c1-16(21-17-6-4-2-3-5-7-17)20(24)22-18-8-10-19(11-9-18)23-12-14-25-15-13-23/h8-11,16-17,21H,2-7,12-15H2,1H3,(H,22,24)/p+1/t16-/m0/s1. The van der Waals surface area contributed by atoms with Crippen LogP contribution in [0.5, 0.6) is 0 Å². The number of carbonyl (C=O) groups excluding carboxylic acids is 1. The quantitative estimate of drug-likeness (QED) is 0.803. The second-order valence-electron chi connectivity index (χ2n) is 7.37. The van der Waals surface area contributed by atoms with Gasteiger partial charge >= 0.3 is 0 Å². The van der Waals surface area contributed by atoms with E-state index in [-0.39, 0.29) is 11.9 Å². The summed E-state index contributed by atoms with van der Waals surface area (Å²) in [4.78, 5) is 14.8. The molecule has 5 nitrogen and oxygen atoms in total. The Labute approximate surface area is 151 Å². The molecule has 1 atom stereocenters.